The molecular formula is C47H45N5Pt. The van der Waals surface area contributed by atoms with Gasteiger partial charge in [-0.2, -0.15) is 37.1 Å². The van der Waals surface area contributed by atoms with E-state index in [-0.39, 0.29) is 26.5 Å². The van der Waals surface area contributed by atoms with Gasteiger partial charge in [0.1, 0.15) is 0 Å². The largest absolute Gasteiger partial charge is 4.00 e. The van der Waals surface area contributed by atoms with Gasteiger partial charge in [0.15, 0.2) is 0 Å². The summed E-state index contributed by atoms with van der Waals surface area (Å²) in [5, 5.41) is 2.50. The van der Waals surface area contributed by atoms with E-state index in [1.807, 2.05) is 0 Å². The Kier molecular flexibility index (Phi) is 8.27. The second-order valence-corrected chi connectivity index (χ2v) is 15.7. The molecule has 0 saturated carbocycles. The summed E-state index contributed by atoms with van der Waals surface area (Å²) in [7, 11) is 4.24. The Morgan fingerprint density at radius 2 is 1.25 bits per heavy atom. The summed E-state index contributed by atoms with van der Waals surface area (Å²) in [6.45, 7) is 20.1. The minimum absolute atomic E-state index is 0. The molecule has 0 amide bonds. The number of hydrogen-bond donors (Lipinski definition) is 0. The average molecular weight is 875 g/mol. The summed E-state index contributed by atoms with van der Waals surface area (Å²) < 4.78 is 2.48. The van der Waals surface area contributed by atoms with Crippen molar-refractivity contribution in [3.05, 3.63) is 173 Å². The zero-order valence-corrected chi connectivity index (χ0v) is 34.2. The third kappa shape index (κ3) is 4.99. The summed E-state index contributed by atoms with van der Waals surface area (Å²) in [5.74, 6) is 0. The second-order valence-electron chi connectivity index (χ2n) is 15.7. The quantitative estimate of drug-likeness (QED) is 0.164. The van der Waals surface area contributed by atoms with Crippen LogP contribution in [-0.4, -0.2) is 28.5 Å². The van der Waals surface area contributed by atoms with Crippen LogP contribution in [0.25, 0.3) is 27.5 Å². The molecule has 268 valence electrons. The molecular weight excluding hydrogens is 830 g/mol. The third-order valence-electron chi connectivity index (χ3n) is 11.9. The van der Waals surface area contributed by atoms with Crippen molar-refractivity contribution >= 4 is 33.2 Å². The van der Waals surface area contributed by atoms with Crippen molar-refractivity contribution in [1.82, 2.24) is 14.4 Å². The van der Waals surface area contributed by atoms with Gasteiger partial charge in [-0.15, -0.1) is 40.7 Å². The number of aromatic nitrogens is 1. The van der Waals surface area contributed by atoms with Crippen molar-refractivity contribution < 1.29 is 21.1 Å². The Bertz CT molecular complexity index is 2500. The summed E-state index contributed by atoms with van der Waals surface area (Å²) in [5.41, 5.74) is 15.5. The summed E-state index contributed by atoms with van der Waals surface area (Å²) >= 11 is 0. The molecule has 0 fully saturated rings. The number of nitrogens with zero attached hydrogens (tertiary/aromatic N) is 5. The minimum atomic E-state index is -0.747. The fourth-order valence-electron chi connectivity index (χ4n) is 8.57. The number of fused-ring (bicyclic) bond motifs is 5. The molecule has 5 aromatic carbocycles. The molecule has 1 atom stereocenters. The first-order valence-corrected chi connectivity index (χ1v) is 18.2. The maximum atomic E-state index is 4.13. The van der Waals surface area contributed by atoms with Crippen LogP contribution in [0.3, 0.4) is 0 Å². The van der Waals surface area contributed by atoms with Gasteiger partial charge in [-0.05, 0) is 75.8 Å². The fourth-order valence-corrected chi connectivity index (χ4v) is 8.57. The van der Waals surface area contributed by atoms with Crippen LogP contribution in [0.1, 0.15) is 76.3 Å². The molecule has 0 saturated heterocycles. The van der Waals surface area contributed by atoms with E-state index >= 15 is 0 Å². The van der Waals surface area contributed by atoms with Crippen LogP contribution in [0.15, 0.2) is 120 Å². The van der Waals surface area contributed by atoms with Crippen molar-refractivity contribution in [3.63, 3.8) is 0 Å². The number of hydrogen-bond acceptors (Lipinski definition) is 4. The molecule has 53 heavy (non-hydrogen) atoms. The predicted octanol–water partition coefficient (Wildman–Crippen LogP) is 10.6. The third-order valence-corrected chi connectivity index (χ3v) is 11.9. The van der Waals surface area contributed by atoms with E-state index in [1.165, 1.54) is 61.3 Å². The molecule has 5 nitrogen and oxygen atoms in total. The van der Waals surface area contributed by atoms with Gasteiger partial charge in [-0.3, -0.25) is 0 Å². The SMILES string of the molecule is CC1=C(C)N(c2[c-]c3c(cc2)-n2c4ccccc4c4cccc(c42)C3(c2[c-]c(N3[CH-]N(C)C(C)=C3C)cc(C(C)(C)C)c2)c2ccccc2)[CH-]N1C.[Pt+4]. The summed E-state index contributed by atoms with van der Waals surface area (Å²) in [6.07, 6.45) is 0. The van der Waals surface area contributed by atoms with Crippen LogP contribution in [0, 0.1) is 25.5 Å². The molecule has 0 spiro atoms. The molecule has 0 N–H and O–H groups in total. The zero-order chi connectivity index (χ0) is 36.3. The smallest absolute Gasteiger partial charge is 0.508 e. The minimum Gasteiger partial charge on any atom is -0.508 e. The molecule has 3 aliphatic rings. The first kappa shape index (κ1) is 35.3. The number of benzene rings is 5. The standard InChI is InChI=1S/C47H45N5.Pt/c1-30-32(3)50(28-48(30)8)37-22-23-44-42(27-37)47(34-16-11-10-12-17-34,41-20-15-19-40-39-18-13-14-21-43(39)52(44)45(40)41)36-24-35(46(5,6)7)25-38(26-36)51-29-49(9)31(2)33(51)4;/h10-25,28-29H,1-9H3;/q-4;+4. The molecule has 4 heterocycles. The molecule has 0 bridgehead atoms. The molecule has 0 radical (unpaired) electrons. The van der Waals surface area contributed by atoms with E-state index in [0.29, 0.717) is 0 Å². The summed E-state index contributed by atoms with van der Waals surface area (Å²) in [6, 6.07) is 44.3. The van der Waals surface area contributed by atoms with Gasteiger partial charge in [0.05, 0.1) is 0 Å². The van der Waals surface area contributed by atoms with Crippen LogP contribution >= 0.6 is 0 Å². The first-order valence-electron chi connectivity index (χ1n) is 18.2. The van der Waals surface area contributed by atoms with Crippen LogP contribution < -0.4 is 9.80 Å². The van der Waals surface area contributed by atoms with Crippen molar-refractivity contribution in [2.45, 2.75) is 59.3 Å². The summed E-state index contributed by atoms with van der Waals surface area (Å²) in [4.78, 5) is 8.98. The van der Waals surface area contributed by atoms with E-state index in [0.717, 1.165) is 28.2 Å². The number of para-hydroxylation sites is 2. The van der Waals surface area contributed by atoms with E-state index in [1.54, 1.807) is 0 Å². The van der Waals surface area contributed by atoms with Crippen LogP contribution in [0.4, 0.5) is 11.4 Å². The van der Waals surface area contributed by atoms with E-state index in [9.17, 15) is 0 Å². The molecule has 9 rings (SSSR count). The van der Waals surface area contributed by atoms with Crippen molar-refractivity contribution in [2.24, 2.45) is 0 Å². The Hall–Kier alpha value is -4.73. The van der Waals surface area contributed by atoms with E-state index in [4.69, 9.17) is 0 Å². The molecule has 1 unspecified atom stereocenters. The Balaban J connectivity index is 0.00000400. The molecule has 6 heteroatoms. The second kappa shape index (κ2) is 12.4. The molecule has 6 aromatic rings. The van der Waals surface area contributed by atoms with Crippen LogP contribution in [-0.2, 0) is 31.9 Å². The first-order chi connectivity index (χ1) is 24.9. The van der Waals surface area contributed by atoms with Gasteiger partial charge >= 0.3 is 21.1 Å². The maximum Gasteiger partial charge on any atom is 4.00 e. The topological polar surface area (TPSA) is 17.9 Å². The fraction of sp³-hybridized carbons (Fsp3) is 0.234. The van der Waals surface area contributed by atoms with Crippen molar-refractivity contribution in [1.29, 1.82) is 0 Å². The van der Waals surface area contributed by atoms with E-state index < -0.39 is 5.41 Å². The molecule has 0 aliphatic carbocycles. The van der Waals surface area contributed by atoms with Gasteiger partial charge in [-0.25, -0.2) is 0 Å². The van der Waals surface area contributed by atoms with Crippen molar-refractivity contribution in [3.8, 4) is 5.69 Å². The number of allylic oxidation sites excluding steroid dienone is 4. The van der Waals surface area contributed by atoms with Crippen LogP contribution in [0.2, 0.25) is 0 Å². The Morgan fingerprint density at radius 3 is 1.89 bits per heavy atom. The van der Waals surface area contributed by atoms with Gasteiger partial charge in [0.25, 0.3) is 0 Å². The Labute approximate surface area is 329 Å². The average Bonchev–Trinajstić information content (AvgIpc) is 3.72. The number of anilines is 2. The number of rotatable bonds is 4. The predicted molar refractivity (Wildman–Crippen MR) is 215 cm³/mol. The van der Waals surface area contributed by atoms with E-state index in [2.05, 4.69) is 209 Å². The maximum absolute atomic E-state index is 4.13. The molecule has 3 aliphatic heterocycles. The van der Waals surface area contributed by atoms with Crippen molar-refractivity contribution in [2.75, 3.05) is 23.9 Å². The van der Waals surface area contributed by atoms with Gasteiger partial charge < -0.3 is 24.2 Å². The zero-order valence-electron chi connectivity index (χ0n) is 31.9. The van der Waals surface area contributed by atoms with Crippen LogP contribution in [0.5, 0.6) is 0 Å². The molecule has 1 aromatic heterocycles. The Morgan fingerprint density at radius 1 is 0.623 bits per heavy atom. The van der Waals surface area contributed by atoms with Gasteiger partial charge in [0.2, 0.25) is 0 Å². The van der Waals surface area contributed by atoms with Gasteiger partial charge in [0, 0.05) is 38.6 Å². The monoisotopic (exact) mass is 874 g/mol. The van der Waals surface area contributed by atoms with Gasteiger partial charge in [-0.1, -0.05) is 93.2 Å². The normalized spacial score (nSPS) is 18.5.